The van der Waals surface area contributed by atoms with E-state index in [0.717, 1.165) is 16.7 Å². The van der Waals surface area contributed by atoms with E-state index in [1.807, 2.05) is 54.6 Å². The summed E-state index contributed by atoms with van der Waals surface area (Å²) in [4.78, 5) is -0.798. The Morgan fingerprint density at radius 3 is 1.83 bits per heavy atom. The van der Waals surface area contributed by atoms with E-state index >= 15 is 0 Å². The lowest BCUT2D eigenvalue weighted by atomic mass is 9.84. The van der Waals surface area contributed by atoms with Gasteiger partial charge in [0.2, 0.25) is 0 Å². The lowest BCUT2D eigenvalue weighted by Gasteiger charge is -2.30. The normalized spacial score (nSPS) is 13.0. The first-order valence-corrected chi connectivity index (χ1v) is 7.94. The van der Waals surface area contributed by atoms with Crippen LogP contribution in [0.25, 0.3) is 0 Å². The maximum Gasteiger partial charge on any atom is 0.121 e. The van der Waals surface area contributed by atoms with Crippen molar-refractivity contribution < 1.29 is 0 Å². The largest absolute Gasteiger partial charge is 0.153 e. The molecule has 0 radical (unpaired) electrons. The molecule has 0 heterocycles. The molecule has 0 saturated heterocycles. The minimum atomic E-state index is -0.798. The van der Waals surface area contributed by atoms with Gasteiger partial charge in [-0.05, 0) is 24.1 Å². The minimum absolute atomic E-state index is 0. The summed E-state index contributed by atoms with van der Waals surface area (Å²) in [5, 5.41) is 0.668. The Kier molecular flexibility index (Phi) is 5.87. The Balaban J connectivity index is 0.00000192. The number of aryl methyl sites for hydroxylation is 1. The summed E-state index contributed by atoms with van der Waals surface area (Å²) < 4.78 is 0. The van der Waals surface area contributed by atoms with Crippen LogP contribution in [0.3, 0.4) is 0 Å². The van der Waals surface area contributed by atoms with Gasteiger partial charge in [-0.2, -0.15) is 9.90 Å². The van der Waals surface area contributed by atoms with Gasteiger partial charge in [-0.25, -0.2) is 0 Å². The quantitative estimate of drug-likeness (QED) is 0.294. The summed E-state index contributed by atoms with van der Waals surface area (Å²) in [7, 11) is 0. The zero-order chi connectivity index (χ0) is 15.6. The molecule has 118 valence electrons. The number of hydrogen-bond acceptors (Lipinski definition) is 0. The SMILES string of the molecule is Cc1ccc(C(Cl)(c2ccccc2)c2ccccc2Cl)cc1.P. The predicted octanol–water partition coefficient (Wildman–Crippen LogP) is 6.24. The van der Waals surface area contributed by atoms with Crippen LogP contribution >= 0.6 is 33.1 Å². The van der Waals surface area contributed by atoms with E-state index in [1.54, 1.807) is 0 Å². The zero-order valence-electron chi connectivity index (χ0n) is 13.0. The van der Waals surface area contributed by atoms with Gasteiger partial charge in [-0.15, -0.1) is 11.6 Å². The van der Waals surface area contributed by atoms with Crippen molar-refractivity contribution in [3.63, 3.8) is 0 Å². The highest BCUT2D eigenvalue weighted by Crippen LogP contribution is 2.45. The average Bonchev–Trinajstić information content (AvgIpc) is 2.56. The molecule has 0 aromatic heterocycles. The van der Waals surface area contributed by atoms with Crippen molar-refractivity contribution >= 4 is 33.1 Å². The van der Waals surface area contributed by atoms with Crippen molar-refractivity contribution in [1.82, 2.24) is 0 Å². The molecule has 3 rings (SSSR count). The second-order valence-corrected chi connectivity index (χ2v) is 6.34. The molecular weight excluding hydrogens is 342 g/mol. The van der Waals surface area contributed by atoms with Gasteiger partial charge in [0.05, 0.1) is 0 Å². The van der Waals surface area contributed by atoms with Gasteiger partial charge < -0.3 is 0 Å². The molecule has 0 aliphatic rings. The fraction of sp³-hybridized carbons (Fsp3) is 0.100. The van der Waals surface area contributed by atoms with Crippen LogP contribution in [0.1, 0.15) is 22.3 Å². The fourth-order valence-corrected chi connectivity index (χ4v) is 3.41. The molecule has 3 aromatic carbocycles. The van der Waals surface area contributed by atoms with Gasteiger partial charge in [0.1, 0.15) is 4.87 Å². The number of benzene rings is 3. The van der Waals surface area contributed by atoms with Crippen LogP contribution in [0, 0.1) is 6.92 Å². The van der Waals surface area contributed by atoms with Gasteiger partial charge in [0.25, 0.3) is 0 Å². The van der Waals surface area contributed by atoms with Crippen molar-refractivity contribution in [3.8, 4) is 0 Å². The van der Waals surface area contributed by atoms with E-state index in [1.165, 1.54) is 5.56 Å². The Morgan fingerprint density at radius 2 is 1.22 bits per heavy atom. The molecule has 0 aliphatic heterocycles. The Morgan fingerprint density at radius 1 is 0.696 bits per heavy atom. The molecular formula is C20H19Cl2P. The van der Waals surface area contributed by atoms with Crippen LogP contribution in [-0.4, -0.2) is 0 Å². The van der Waals surface area contributed by atoms with E-state index in [0.29, 0.717) is 5.02 Å². The highest BCUT2D eigenvalue weighted by Gasteiger charge is 2.35. The van der Waals surface area contributed by atoms with Crippen LogP contribution in [0.15, 0.2) is 78.9 Å². The molecule has 23 heavy (non-hydrogen) atoms. The molecule has 0 bridgehead atoms. The molecule has 3 heteroatoms. The minimum Gasteiger partial charge on any atom is -0.153 e. The van der Waals surface area contributed by atoms with Crippen LogP contribution in [0.2, 0.25) is 5.02 Å². The second kappa shape index (κ2) is 7.49. The highest BCUT2D eigenvalue weighted by molar-refractivity contribution is 6.92. The lowest BCUT2D eigenvalue weighted by Crippen LogP contribution is -2.22. The standard InChI is InChI=1S/C20H16Cl2.H3P/c1-15-11-13-17(14-12-15)20(22,16-7-3-2-4-8-16)18-9-5-6-10-19(18)21;/h2-14H,1H3;1H3. The van der Waals surface area contributed by atoms with Crippen molar-refractivity contribution in [2.24, 2.45) is 0 Å². The average molecular weight is 361 g/mol. The van der Waals surface area contributed by atoms with E-state index in [4.69, 9.17) is 23.2 Å². The summed E-state index contributed by atoms with van der Waals surface area (Å²) in [6.07, 6.45) is 0. The third-order valence-corrected chi connectivity index (χ3v) is 4.84. The molecule has 2 atom stereocenters. The van der Waals surface area contributed by atoms with E-state index < -0.39 is 4.87 Å². The molecule has 3 aromatic rings. The summed E-state index contributed by atoms with van der Waals surface area (Å²) in [5.41, 5.74) is 4.12. The summed E-state index contributed by atoms with van der Waals surface area (Å²) >= 11 is 13.6. The van der Waals surface area contributed by atoms with Crippen molar-refractivity contribution in [2.75, 3.05) is 0 Å². The number of alkyl halides is 1. The first-order chi connectivity index (χ1) is 10.6. The van der Waals surface area contributed by atoms with E-state index in [2.05, 4.69) is 31.2 Å². The second-order valence-electron chi connectivity index (χ2n) is 5.37. The number of halogens is 2. The topological polar surface area (TPSA) is 0 Å². The van der Waals surface area contributed by atoms with E-state index in [-0.39, 0.29) is 9.90 Å². The first kappa shape index (κ1) is 18.0. The van der Waals surface area contributed by atoms with Gasteiger partial charge in [-0.3, -0.25) is 0 Å². The van der Waals surface area contributed by atoms with Crippen molar-refractivity contribution in [3.05, 3.63) is 106 Å². The maximum atomic E-state index is 7.19. The fourth-order valence-electron chi connectivity index (χ4n) is 2.67. The molecule has 0 saturated carbocycles. The summed E-state index contributed by atoms with van der Waals surface area (Å²) in [5.74, 6) is 0. The van der Waals surface area contributed by atoms with Crippen molar-refractivity contribution in [1.29, 1.82) is 0 Å². The van der Waals surface area contributed by atoms with Crippen LogP contribution in [0.5, 0.6) is 0 Å². The van der Waals surface area contributed by atoms with Crippen LogP contribution in [0.4, 0.5) is 0 Å². The first-order valence-electron chi connectivity index (χ1n) is 7.19. The molecule has 0 N–H and O–H groups in total. The molecule has 0 aliphatic carbocycles. The molecule has 0 fully saturated rings. The molecule has 0 amide bonds. The smallest absolute Gasteiger partial charge is 0.121 e. The third kappa shape index (κ3) is 3.45. The van der Waals surface area contributed by atoms with Crippen LogP contribution in [-0.2, 0) is 4.87 Å². The van der Waals surface area contributed by atoms with Gasteiger partial charge >= 0.3 is 0 Å². The Bertz CT molecular complexity index is 769. The predicted molar refractivity (Wildman–Crippen MR) is 106 cm³/mol. The number of rotatable bonds is 3. The molecule has 0 spiro atoms. The van der Waals surface area contributed by atoms with E-state index in [9.17, 15) is 0 Å². The Labute approximate surface area is 151 Å². The van der Waals surface area contributed by atoms with Gasteiger partial charge in [-0.1, -0.05) is 90.0 Å². The number of hydrogen-bond donors (Lipinski definition) is 0. The Hall–Kier alpha value is -1.33. The zero-order valence-corrected chi connectivity index (χ0v) is 15.9. The monoisotopic (exact) mass is 360 g/mol. The summed E-state index contributed by atoms with van der Waals surface area (Å²) in [6, 6.07) is 26.1. The van der Waals surface area contributed by atoms with Crippen molar-refractivity contribution in [2.45, 2.75) is 11.8 Å². The molecule has 2 unspecified atom stereocenters. The summed E-state index contributed by atoms with van der Waals surface area (Å²) in [6.45, 7) is 2.07. The molecule has 0 nitrogen and oxygen atoms in total. The van der Waals surface area contributed by atoms with Crippen LogP contribution < -0.4 is 0 Å². The lowest BCUT2D eigenvalue weighted by molar-refractivity contribution is 0.879. The van der Waals surface area contributed by atoms with Gasteiger partial charge in [0, 0.05) is 10.6 Å². The third-order valence-electron chi connectivity index (χ3n) is 3.87. The maximum absolute atomic E-state index is 7.19. The van der Waals surface area contributed by atoms with Gasteiger partial charge in [0.15, 0.2) is 0 Å². The highest BCUT2D eigenvalue weighted by atomic mass is 35.5.